The zero-order valence-corrected chi connectivity index (χ0v) is 11.8. The van der Waals surface area contributed by atoms with Gasteiger partial charge in [-0.15, -0.1) is 0 Å². The van der Waals surface area contributed by atoms with Gasteiger partial charge in [0.05, 0.1) is 18.5 Å². The second-order valence-electron chi connectivity index (χ2n) is 6.16. The molecule has 0 radical (unpaired) electrons. The van der Waals surface area contributed by atoms with Crippen LogP contribution in [0.15, 0.2) is 0 Å². The van der Waals surface area contributed by atoms with E-state index in [1.54, 1.807) is 0 Å². The number of amides is 1. The third-order valence-corrected chi connectivity index (χ3v) is 3.22. The van der Waals surface area contributed by atoms with Crippen molar-refractivity contribution in [3.63, 3.8) is 0 Å². The Balaban J connectivity index is 2.41. The van der Waals surface area contributed by atoms with Gasteiger partial charge < -0.3 is 10.6 Å². The minimum absolute atomic E-state index is 0.00318. The predicted octanol–water partition coefficient (Wildman–Crippen LogP) is 1.96. The number of nitrogens with zero attached hydrogens (tertiary/aromatic N) is 1. The molecule has 1 rings (SSSR count). The lowest BCUT2D eigenvalue weighted by molar-refractivity contribution is -0.121. The number of nitriles is 1. The van der Waals surface area contributed by atoms with E-state index >= 15 is 0 Å². The maximum absolute atomic E-state index is 11.7. The minimum atomic E-state index is -0.198. The van der Waals surface area contributed by atoms with Gasteiger partial charge in [-0.1, -0.05) is 19.3 Å². The van der Waals surface area contributed by atoms with Crippen LogP contribution < -0.4 is 10.6 Å². The van der Waals surface area contributed by atoms with Crippen molar-refractivity contribution in [2.24, 2.45) is 5.92 Å². The van der Waals surface area contributed by atoms with Crippen LogP contribution in [0.5, 0.6) is 0 Å². The van der Waals surface area contributed by atoms with Crippen molar-refractivity contribution in [2.45, 2.75) is 64.5 Å². The van der Waals surface area contributed by atoms with Gasteiger partial charge in [-0.05, 0) is 33.6 Å². The van der Waals surface area contributed by atoms with Crippen molar-refractivity contribution in [1.29, 1.82) is 5.26 Å². The van der Waals surface area contributed by atoms with Crippen LogP contribution >= 0.6 is 0 Å². The standard InChI is InChI=1S/C14H25N3O/c1-14(2,3)17-13(18)10-16-12-8-6-4-5-7-11(12)9-15/h11-12,16H,4-8,10H2,1-3H3,(H,17,18). The van der Waals surface area contributed by atoms with Crippen LogP contribution in [-0.4, -0.2) is 24.0 Å². The fraction of sp³-hybridized carbons (Fsp3) is 0.857. The van der Waals surface area contributed by atoms with E-state index in [1.807, 2.05) is 20.8 Å². The molecule has 4 heteroatoms. The number of carbonyl (C=O) groups excluding carboxylic acids is 1. The van der Waals surface area contributed by atoms with Crippen molar-refractivity contribution in [3.05, 3.63) is 0 Å². The van der Waals surface area contributed by atoms with Gasteiger partial charge in [-0.2, -0.15) is 5.26 Å². The molecule has 18 heavy (non-hydrogen) atoms. The summed E-state index contributed by atoms with van der Waals surface area (Å²) in [6.07, 6.45) is 5.43. The Kier molecular flexibility index (Phi) is 5.61. The lowest BCUT2D eigenvalue weighted by Gasteiger charge is -2.24. The second kappa shape index (κ2) is 6.75. The van der Waals surface area contributed by atoms with Gasteiger partial charge in [-0.3, -0.25) is 4.79 Å². The molecule has 0 bridgehead atoms. The monoisotopic (exact) mass is 251 g/mol. The predicted molar refractivity (Wildman–Crippen MR) is 71.9 cm³/mol. The molecule has 0 heterocycles. The third-order valence-electron chi connectivity index (χ3n) is 3.22. The second-order valence-corrected chi connectivity index (χ2v) is 6.16. The van der Waals surface area contributed by atoms with E-state index in [4.69, 9.17) is 5.26 Å². The number of nitrogens with one attached hydrogen (secondary N) is 2. The first-order valence-corrected chi connectivity index (χ1v) is 6.86. The van der Waals surface area contributed by atoms with Crippen molar-refractivity contribution in [2.75, 3.05) is 6.54 Å². The van der Waals surface area contributed by atoms with Crippen molar-refractivity contribution < 1.29 is 4.79 Å². The maximum atomic E-state index is 11.7. The first kappa shape index (κ1) is 15.0. The highest BCUT2D eigenvalue weighted by Gasteiger charge is 2.24. The van der Waals surface area contributed by atoms with E-state index in [9.17, 15) is 4.79 Å². The molecule has 1 aliphatic rings. The van der Waals surface area contributed by atoms with Gasteiger partial charge in [-0.25, -0.2) is 0 Å². The molecule has 4 nitrogen and oxygen atoms in total. The summed E-state index contributed by atoms with van der Waals surface area (Å²) in [7, 11) is 0. The molecule has 102 valence electrons. The van der Waals surface area contributed by atoms with Crippen molar-refractivity contribution in [1.82, 2.24) is 10.6 Å². The molecule has 2 N–H and O–H groups in total. The summed E-state index contributed by atoms with van der Waals surface area (Å²) < 4.78 is 0. The first-order valence-electron chi connectivity index (χ1n) is 6.86. The Bertz CT molecular complexity index is 314. The van der Waals surface area contributed by atoms with Crippen molar-refractivity contribution in [3.8, 4) is 6.07 Å². The van der Waals surface area contributed by atoms with Crippen LogP contribution in [0.3, 0.4) is 0 Å². The van der Waals surface area contributed by atoms with E-state index in [2.05, 4.69) is 16.7 Å². The van der Waals surface area contributed by atoms with Crippen LogP contribution in [0, 0.1) is 17.2 Å². The molecule has 0 saturated heterocycles. The lowest BCUT2D eigenvalue weighted by Crippen LogP contribution is -2.47. The maximum Gasteiger partial charge on any atom is 0.234 e. The Morgan fingerprint density at radius 2 is 1.94 bits per heavy atom. The van der Waals surface area contributed by atoms with Gasteiger partial charge in [0.25, 0.3) is 0 Å². The highest BCUT2D eigenvalue weighted by molar-refractivity contribution is 5.78. The average molecular weight is 251 g/mol. The molecule has 0 aromatic heterocycles. The van der Waals surface area contributed by atoms with Crippen LogP contribution in [0.25, 0.3) is 0 Å². The minimum Gasteiger partial charge on any atom is -0.350 e. The highest BCUT2D eigenvalue weighted by Crippen LogP contribution is 2.22. The summed E-state index contributed by atoms with van der Waals surface area (Å²) in [6.45, 7) is 6.21. The Hall–Kier alpha value is -1.08. The zero-order valence-electron chi connectivity index (χ0n) is 11.8. The van der Waals surface area contributed by atoms with Gasteiger partial charge >= 0.3 is 0 Å². The number of carbonyl (C=O) groups is 1. The quantitative estimate of drug-likeness (QED) is 0.754. The van der Waals surface area contributed by atoms with Gasteiger partial charge in [0.1, 0.15) is 0 Å². The Morgan fingerprint density at radius 1 is 1.28 bits per heavy atom. The smallest absolute Gasteiger partial charge is 0.234 e. The lowest BCUT2D eigenvalue weighted by atomic mass is 9.96. The van der Waals surface area contributed by atoms with Crippen LogP contribution in [0.1, 0.15) is 52.9 Å². The summed E-state index contributed by atoms with van der Waals surface area (Å²) >= 11 is 0. The zero-order chi connectivity index (χ0) is 13.6. The topological polar surface area (TPSA) is 64.9 Å². The first-order chi connectivity index (χ1) is 8.42. The normalized spacial score (nSPS) is 25.0. The van der Waals surface area contributed by atoms with Gasteiger partial charge in [0.2, 0.25) is 5.91 Å². The number of hydrogen-bond acceptors (Lipinski definition) is 3. The Labute approximate surface area is 110 Å². The van der Waals surface area contributed by atoms with Crippen LogP contribution in [0.4, 0.5) is 0 Å². The SMILES string of the molecule is CC(C)(C)NC(=O)CNC1CCCCCC1C#N. The summed E-state index contributed by atoms with van der Waals surface area (Å²) in [5.74, 6) is 0.0540. The third kappa shape index (κ3) is 5.50. The average Bonchev–Trinajstić information content (AvgIpc) is 2.48. The molecule has 0 aromatic carbocycles. The van der Waals surface area contributed by atoms with Crippen LogP contribution in [0.2, 0.25) is 0 Å². The summed E-state index contributed by atoms with van der Waals surface area (Å²) in [6, 6.07) is 2.54. The molecule has 1 fully saturated rings. The molecule has 0 spiro atoms. The fourth-order valence-corrected chi connectivity index (χ4v) is 2.39. The number of hydrogen-bond donors (Lipinski definition) is 2. The fourth-order valence-electron chi connectivity index (χ4n) is 2.39. The Morgan fingerprint density at radius 3 is 2.56 bits per heavy atom. The van der Waals surface area contributed by atoms with Gasteiger partial charge in [0.15, 0.2) is 0 Å². The molecule has 1 amide bonds. The summed E-state index contributed by atoms with van der Waals surface area (Å²) in [5, 5.41) is 15.3. The molecule has 2 unspecified atom stereocenters. The summed E-state index contributed by atoms with van der Waals surface area (Å²) in [4.78, 5) is 11.7. The molecule has 2 atom stereocenters. The molecule has 0 aromatic rings. The van der Waals surface area contributed by atoms with E-state index in [0.717, 1.165) is 25.7 Å². The molecule has 1 aliphatic carbocycles. The van der Waals surface area contributed by atoms with E-state index in [1.165, 1.54) is 6.42 Å². The van der Waals surface area contributed by atoms with Crippen LogP contribution in [-0.2, 0) is 4.79 Å². The molecule has 0 aliphatic heterocycles. The van der Waals surface area contributed by atoms with E-state index in [-0.39, 0.29) is 23.4 Å². The molecular formula is C14H25N3O. The molecular weight excluding hydrogens is 226 g/mol. The van der Waals surface area contributed by atoms with E-state index < -0.39 is 0 Å². The molecule has 1 saturated carbocycles. The summed E-state index contributed by atoms with van der Waals surface area (Å²) in [5.41, 5.74) is -0.198. The highest BCUT2D eigenvalue weighted by atomic mass is 16.2. The van der Waals surface area contributed by atoms with E-state index in [0.29, 0.717) is 6.54 Å². The number of rotatable bonds is 3. The van der Waals surface area contributed by atoms with Gasteiger partial charge in [0, 0.05) is 11.6 Å². The largest absolute Gasteiger partial charge is 0.350 e. The van der Waals surface area contributed by atoms with Crippen molar-refractivity contribution >= 4 is 5.91 Å².